The molecular weight excluding hydrogens is 379 g/mol. The maximum atomic E-state index is 13.7. The van der Waals surface area contributed by atoms with E-state index in [2.05, 4.69) is 26.6 Å². The van der Waals surface area contributed by atoms with Gasteiger partial charge >= 0.3 is 0 Å². The van der Waals surface area contributed by atoms with E-state index in [1.54, 1.807) is 12.1 Å². The van der Waals surface area contributed by atoms with Crippen molar-refractivity contribution >= 4 is 38.9 Å². The highest BCUT2D eigenvalue weighted by molar-refractivity contribution is 9.10. The van der Waals surface area contributed by atoms with Gasteiger partial charge in [0.25, 0.3) is 0 Å². The van der Waals surface area contributed by atoms with Gasteiger partial charge in [-0.05, 0) is 56.4 Å². The Bertz CT molecular complexity index is 679. The van der Waals surface area contributed by atoms with Gasteiger partial charge in [-0.1, -0.05) is 33.6 Å². The summed E-state index contributed by atoms with van der Waals surface area (Å²) in [5, 5.41) is 6.26. The Balaban J connectivity index is 1.81. The lowest BCUT2D eigenvalue weighted by Crippen LogP contribution is -2.39. The van der Waals surface area contributed by atoms with Gasteiger partial charge in [0, 0.05) is 4.47 Å². The molecule has 2 aromatic rings. The zero-order chi connectivity index (χ0) is 16.8. The number of ether oxygens (including phenoxy) is 1. The third-order valence-electron chi connectivity index (χ3n) is 3.08. The van der Waals surface area contributed by atoms with E-state index in [1.165, 1.54) is 11.6 Å². The molecule has 0 amide bonds. The summed E-state index contributed by atoms with van der Waals surface area (Å²) in [7, 11) is 0. The Labute approximate surface area is 149 Å². The van der Waals surface area contributed by atoms with Gasteiger partial charge in [-0.2, -0.15) is 0 Å². The molecule has 0 bridgehead atoms. The van der Waals surface area contributed by atoms with Crippen molar-refractivity contribution < 1.29 is 9.13 Å². The van der Waals surface area contributed by atoms with Crippen LogP contribution < -0.4 is 15.4 Å². The summed E-state index contributed by atoms with van der Waals surface area (Å²) in [5.41, 5.74) is 1.52. The van der Waals surface area contributed by atoms with Gasteiger partial charge < -0.3 is 15.4 Å². The molecular formula is C17H18BrFN2OS. The number of thiocarbonyl (C=S) groups is 1. The van der Waals surface area contributed by atoms with Crippen molar-refractivity contribution in [1.82, 2.24) is 5.32 Å². The van der Waals surface area contributed by atoms with Gasteiger partial charge in [0.2, 0.25) is 0 Å². The number of halogens is 2. The summed E-state index contributed by atoms with van der Waals surface area (Å²) in [6, 6.07) is 12.6. The van der Waals surface area contributed by atoms with Crippen molar-refractivity contribution in [3.8, 4) is 5.75 Å². The monoisotopic (exact) mass is 396 g/mol. The van der Waals surface area contributed by atoms with Crippen LogP contribution in [-0.4, -0.2) is 17.8 Å². The van der Waals surface area contributed by atoms with E-state index in [0.717, 1.165) is 5.75 Å². The molecule has 3 nitrogen and oxygen atoms in total. The Kier molecular flexibility index (Phi) is 6.36. The van der Waals surface area contributed by atoms with Crippen LogP contribution in [0.5, 0.6) is 5.75 Å². The van der Waals surface area contributed by atoms with Crippen molar-refractivity contribution in [3.05, 3.63) is 58.3 Å². The minimum absolute atomic E-state index is 0.0187. The molecule has 0 heterocycles. The smallest absolute Gasteiger partial charge is 0.171 e. The molecule has 0 spiro atoms. The largest absolute Gasteiger partial charge is 0.491 e. The molecule has 0 saturated carbocycles. The van der Waals surface area contributed by atoms with Gasteiger partial charge in [0.05, 0.1) is 11.7 Å². The number of hydrogen-bond donors (Lipinski definition) is 2. The van der Waals surface area contributed by atoms with Crippen LogP contribution in [-0.2, 0) is 0 Å². The SMILES string of the molecule is Cc1ccc(OC[C@H](C)NC(=S)Nc2ccc(Br)cc2F)cc1. The maximum Gasteiger partial charge on any atom is 0.171 e. The van der Waals surface area contributed by atoms with E-state index in [0.29, 0.717) is 21.9 Å². The molecule has 0 aliphatic heterocycles. The van der Waals surface area contributed by atoms with Crippen LogP contribution in [0.25, 0.3) is 0 Å². The quantitative estimate of drug-likeness (QED) is 0.720. The molecule has 0 unspecified atom stereocenters. The van der Waals surface area contributed by atoms with Crippen LogP contribution in [0, 0.1) is 12.7 Å². The predicted octanol–water partition coefficient (Wildman–Crippen LogP) is 4.65. The summed E-state index contributed by atoms with van der Waals surface area (Å²) in [6.45, 7) is 4.42. The highest BCUT2D eigenvalue weighted by Gasteiger charge is 2.08. The van der Waals surface area contributed by atoms with Gasteiger partial charge in [-0.3, -0.25) is 0 Å². The van der Waals surface area contributed by atoms with Crippen molar-refractivity contribution in [3.63, 3.8) is 0 Å². The number of rotatable bonds is 5. The number of nitrogens with one attached hydrogen (secondary N) is 2. The summed E-state index contributed by atoms with van der Waals surface area (Å²) in [5.74, 6) is 0.439. The summed E-state index contributed by atoms with van der Waals surface area (Å²) >= 11 is 8.41. The van der Waals surface area contributed by atoms with E-state index < -0.39 is 0 Å². The first-order valence-corrected chi connectivity index (χ1v) is 8.36. The summed E-state index contributed by atoms with van der Waals surface area (Å²) in [6.07, 6.45) is 0. The second kappa shape index (κ2) is 8.26. The molecule has 0 aromatic heterocycles. The fraction of sp³-hybridized carbons (Fsp3) is 0.235. The molecule has 2 rings (SSSR count). The van der Waals surface area contributed by atoms with Crippen molar-refractivity contribution in [2.24, 2.45) is 0 Å². The van der Waals surface area contributed by atoms with Crippen LogP contribution >= 0.6 is 28.1 Å². The first kappa shape index (κ1) is 17.7. The fourth-order valence-corrected chi connectivity index (χ4v) is 2.51. The predicted molar refractivity (Wildman–Crippen MR) is 99.6 cm³/mol. The van der Waals surface area contributed by atoms with Crippen LogP contribution in [0.2, 0.25) is 0 Å². The van der Waals surface area contributed by atoms with Gasteiger partial charge in [0.1, 0.15) is 18.2 Å². The van der Waals surface area contributed by atoms with Crippen molar-refractivity contribution in [2.45, 2.75) is 19.9 Å². The molecule has 0 fully saturated rings. The molecule has 23 heavy (non-hydrogen) atoms. The number of anilines is 1. The van der Waals surface area contributed by atoms with E-state index in [4.69, 9.17) is 17.0 Å². The van der Waals surface area contributed by atoms with Crippen LogP contribution in [0.15, 0.2) is 46.9 Å². The highest BCUT2D eigenvalue weighted by atomic mass is 79.9. The van der Waals surface area contributed by atoms with Gasteiger partial charge in [-0.15, -0.1) is 0 Å². The minimum atomic E-state index is -0.368. The molecule has 0 saturated heterocycles. The molecule has 2 N–H and O–H groups in total. The topological polar surface area (TPSA) is 33.3 Å². The Morgan fingerprint density at radius 2 is 1.96 bits per heavy atom. The lowest BCUT2D eigenvalue weighted by Gasteiger charge is -2.18. The average Bonchev–Trinajstić information content (AvgIpc) is 2.49. The zero-order valence-corrected chi connectivity index (χ0v) is 15.3. The Morgan fingerprint density at radius 1 is 1.26 bits per heavy atom. The third-order valence-corrected chi connectivity index (χ3v) is 3.79. The Hall–Kier alpha value is -1.66. The van der Waals surface area contributed by atoms with E-state index >= 15 is 0 Å². The number of hydrogen-bond acceptors (Lipinski definition) is 2. The van der Waals surface area contributed by atoms with Gasteiger partial charge in [-0.25, -0.2) is 4.39 Å². The van der Waals surface area contributed by atoms with Crippen LogP contribution in [0.3, 0.4) is 0 Å². The van der Waals surface area contributed by atoms with Gasteiger partial charge in [0.15, 0.2) is 5.11 Å². The standard InChI is InChI=1S/C17H18BrFN2OS/c1-11-3-6-14(7-4-11)22-10-12(2)20-17(23)21-16-8-5-13(18)9-15(16)19/h3-9,12H,10H2,1-2H3,(H2,20,21,23)/t12-/m0/s1. The second-order valence-corrected chi connectivity index (χ2v) is 6.57. The molecule has 0 radical (unpaired) electrons. The first-order valence-electron chi connectivity index (χ1n) is 7.16. The van der Waals surface area contributed by atoms with Crippen molar-refractivity contribution in [2.75, 3.05) is 11.9 Å². The lowest BCUT2D eigenvalue weighted by molar-refractivity contribution is 0.287. The normalized spacial score (nSPS) is 11.7. The van der Waals surface area contributed by atoms with E-state index in [9.17, 15) is 4.39 Å². The second-order valence-electron chi connectivity index (χ2n) is 5.25. The molecule has 0 aliphatic carbocycles. The first-order chi connectivity index (χ1) is 10.9. The fourth-order valence-electron chi connectivity index (χ4n) is 1.87. The number of benzene rings is 2. The molecule has 122 valence electrons. The van der Waals surface area contributed by atoms with Crippen LogP contribution in [0.1, 0.15) is 12.5 Å². The van der Waals surface area contributed by atoms with E-state index in [-0.39, 0.29) is 11.9 Å². The molecule has 1 atom stereocenters. The van der Waals surface area contributed by atoms with Crippen LogP contribution in [0.4, 0.5) is 10.1 Å². The highest BCUT2D eigenvalue weighted by Crippen LogP contribution is 2.19. The molecule has 0 aliphatic rings. The molecule has 6 heteroatoms. The molecule has 2 aromatic carbocycles. The lowest BCUT2D eigenvalue weighted by atomic mass is 10.2. The zero-order valence-electron chi connectivity index (χ0n) is 12.9. The van der Waals surface area contributed by atoms with E-state index in [1.807, 2.05) is 38.1 Å². The summed E-state index contributed by atoms with van der Waals surface area (Å²) < 4.78 is 20.1. The Morgan fingerprint density at radius 3 is 2.61 bits per heavy atom. The minimum Gasteiger partial charge on any atom is -0.491 e. The average molecular weight is 397 g/mol. The summed E-state index contributed by atoms with van der Waals surface area (Å²) in [4.78, 5) is 0. The maximum absolute atomic E-state index is 13.7. The number of aryl methyl sites for hydroxylation is 1. The third kappa shape index (κ3) is 5.80. The van der Waals surface area contributed by atoms with Crippen molar-refractivity contribution in [1.29, 1.82) is 0 Å².